The van der Waals surface area contributed by atoms with Crippen LogP contribution < -0.4 is 21.3 Å². The van der Waals surface area contributed by atoms with E-state index in [1.807, 2.05) is 29.2 Å². The number of nitrogens with one attached hydrogen (secondary N) is 2. The molecular formula is C20H25N3O6. The Morgan fingerprint density at radius 3 is 2.41 bits per heavy atom. The highest BCUT2D eigenvalue weighted by Crippen LogP contribution is 2.24. The fourth-order valence-electron chi connectivity index (χ4n) is 2.36. The van der Waals surface area contributed by atoms with Crippen molar-refractivity contribution < 1.29 is 19.1 Å². The summed E-state index contributed by atoms with van der Waals surface area (Å²) in [6.07, 6.45) is 1.17. The monoisotopic (exact) mass is 403 g/mol. The number of aromatic amines is 1. The lowest BCUT2D eigenvalue weighted by Gasteiger charge is -2.19. The largest absolute Gasteiger partial charge is 0.492 e. The molecule has 0 spiro atoms. The van der Waals surface area contributed by atoms with E-state index in [4.69, 9.17) is 9.47 Å². The minimum Gasteiger partial charge on any atom is -0.492 e. The van der Waals surface area contributed by atoms with Crippen LogP contribution >= 0.6 is 0 Å². The molecule has 2 N–H and O–H groups in total. The molecule has 0 unspecified atom stereocenters. The summed E-state index contributed by atoms with van der Waals surface area (Å²) in [4.78, 5) is 47.9. The van der Waals surface area contributed by atoms with Gasteiger partial charge < -0.3 is 14.8 Å². The third-order valence-corrected chi connectivity index (χ3v) is 3.97. The van der Waals surface area contributed by atoms with Gasteiger partial charge in [-0.3, -0.25) is 23.9 Å². The molecule has 9 heteroatoms. The van der Waals surface area contributed by atoms with Crippen molar-refractivity contribution in [1.82, 2.24) is 14.9 Å². The Labute approximate surface area is 167 Å². The molecule has 0 aliphatic rings. The topological polar surface area (TPSA) is 119 Å². The van der Waals surface area contributed by atoms with Crippen molar-refractivity contribution in [2.45, 2.75) is 32.7 Å². The predicted octanol–water partition coefficient (Wildman–Crippen LogP) is 0.573. The van der Waals surface area contributed by atoms with E-state index in [9.17, 15) is 19.2 Å². The van der Waals surface area contributed by atoms with Crippen molar-refractivity contribution in [1.29, 1.82) is 0 Å². The van der Waals surface area contributed by atoms with Gasteiger partial charge in [-0.05, 0) is 23.1 Å². The Morgan fingerprint density at radius 1 is 1.10 bits per heavy atom. The minimum absolute atomic E-state index is 0.0649. The molecule has 0 aliphatic heterocycles. The third-order valence-electron chi connectivity index (χ3n) is 3.97. The molecule has 1 aromatic heterocycles. The first kappa shape index (κ1) is 21.9. The Morgan fingerprint density at radius 2 is 1.79 bits per heavy atom. The normalized spacial score (nSPS) is 11.0. The van der Waals surface area contributed by atoms with E-state index in [0.29, 0.717) is 5.75 Å². The van der Waals surface area contributed by atoms with Crippen LogP contribution in [0.25, 0.3) is 0 Å². The molecule has 29 heavy (non-hydrogen) atoms. The molecule has 0 aliphatic carbocycles. The molecule has 0 radical (unpaired) electrons. The maximum absolute atomic E-state index is 11.7. The first-order valence-corrected chi connectivity index (χ1v) is 9.10. The first-order valence-electron chi connectivity index (χ1n) is 9.10. The summed E-state index contributed by atoms with van der Waals surface area (Å²) in [6, 6.07) is 8.87. The van der Waals surface area contributed by atoms with Gasteiger partial charge in [0.15, 0.2) is 6.61 Å². The Hall–Kier alpha value is -3.36. The van der Waals surface area contributed by atoms with Crippen LogP contribution in [0.2, 0.25) is 0 Å². The third kappa shape index (κ3) is 7.28. The molecular weight excluding hydrogens is 378 g/mol. The van der Waals surface area contributed by atoms with Crippen LogP contribution in [0, 0.1) is 0 Å². The number of H-pyrrole nitrogens is 1. The molecule has 9 nitrogen and oxygen atoms in total. The Bertz CT molecular complexity index is 954. The number of nitrogens with zero attached hydrogens (tertiary/aromatic N) is 1. The highest BCUT2D eigenvalue weighted by molar-refractivity contribution is 5.80. The van der Waals surface area contributed by atoms with Crippen LogP contribution in [0.15, 0.2) is 46.1 Å². The second kappa shape index (κ2) is 9.72. The summed E-state index contributed by atoms with van der Waals surface area (Å²) in [7, 11) is 0. The standard InChI is InChI=1S/C20H25N3O6/c1-20(2,3)14-4-6-15(7-5-14)28-11-9-21-17(25)13-29-18(26)12-23-10-8-16(24)22-19(23)27/h4-8,10H,9,11-13H2,1-3H3,(H,21,25)(H,22,24,27). The molecule has 0 fully saturated rings. The maximum Gasteiger partial charge on any atom is 0.328 e. The second-order valence-corrected chi connectivity index (χ2v) is 7.37. The van der Waals surface area contributed by atoms with Gasteiger partial charge in [0.1, 0.15) is 18.9 Å². The molecule has 1 amide bonds. The first-order chi connectivity index (χ1) is 13.6. The van der Waals surface area contributed by atoms with Gasteiger partial charge in [-0.2, -0.15) is 0 Å². The summed E-state index contributed by atoms with van der Waals surface area (Å²) < 4.78 is 11.3. The van der Waals surface area contributed by atoms with Crippen molar-refractivity contribution in [2.24, 2.45) is 0 Å². The summed E-state index contributed by atoms with van der Waals surface area (Å²) in [5.41, 5.74) is -0.0304. The van der Waals surface area contributed by atoms with Crippen molar-refractivity contribution in [3.63, 3.8) is 0 Å². The van der Waals surface area contributed by atoms with Gasteiger partial charge in [0.25, 0.3) is 11.5 Å². The van der Waals surface area contributed by atoms with Crippen molar-refractivity contribution in [3.8, 4) is 5.75 Å². The fourth-order valence-corrected chi connectivity index (χ4v) is 2.36. The molecule has 2 aromatic rings. The quantitative estimate of drug-likeness (QED) is 0.491. The number of ether oxygens (including phenoxy) is 2. The highest BCUT2D eigenvalue weighted by atomic mass is 16.5. The summed E-state index contributed by atoms with van der Waals surface area (Å²) in [5, 5.41) is 2.57. The smallest absolute Gasteiger partial charge is 0.328 e. The highest BCUT2D eigenvalue weighted by Gasteiger charge is 2.13. The van der Waals surface area contributed by atoms with Crippen LogP contribution in [0.3, 0.4) is 0 Å². The second-order valence-electron chi connectivity index (χ2n) is 7.37. The van der Waals surface area contributed by atoms with Crippen LogP contribution in [-0.4, -0.2) is 41.2 Å². The van der Waals surface area contributed by atoms with Gasteiger partial charge in [-0.25, -0.2) is 4.79 Å². The SMILES string of the molecule is CC(C)(C)c1ccc(OCCNC(=O)COC(=O)Cn2ccc(=O)[nH]c2=O)cc1. The van der Waals surface area contributed by atoms with E-state index in [-0.39, 0.29) is 18.6 Å². The van der Waals surface area contributed by atoms with Crippen LogP contribution in [0.4, 0.5) is 0 Å². The van der Waals surface area contributed by atoms with E-state index < -0.39 is 36.3 Å². The maximum atomic E-state index is 11.7. The molecule has 0 bridgehead atoms. The molecule has 0 saturated carbocycles. The van der Waals surface area contributed by atoms with Crippen molar-refractivity contribution >= 4 is 11.9 Å². The van der Waals surface area contributed by atoms with Gasteiger partial charge in [0.05, 0.1) is 6.54 Å². The zero-order valence-corrected chi connectivity index (χ0v) is 16.7. The number of benzene rings is 1. The van der Waals surface area contributed by atoms with Gasteiger partial charge in [0.2, 0.25) is 0 Å². The van der Waals surface area contributed by atoms with Crippen molar-refractivity contribution in [3.05, 3.63) is 62.9 Å². The predicted molar refractivity (Wildman–Crippen MR) is 106 cm³/mol. The van der Waals surface area contributed by atoms with Crippen LogP contribution in [0.1, 0.15) is 26.3 Å². The number of aromatic nitrogens is 2. The van der Waals surface area contributed by atoms with E-state index >= 15 is 0 Å². The molecule has 0 saturated heterocycles. The van der Waals surface area contributed by atoms with E-state index in [1.165, 1.54) is 11.8 Å². The number of carbonyl (C=O) groups is 2. The lowest BCUT2D eigenvalue weighted by Crippen LogP contribution is -2.34. The number of esters is 1. The molecule has 2 rings (SSSR count). The number of carbonyl (C=O) groups excluding carboxylic acids is 2. The molecule has 1 aromatic carbocycles. The van der Waals surface area contributed by atoms with Crippen LogP contribution in [0.5, 0.6) is 5.75 Å². The van der Waals surface area contributed by atoms with Gasteiger partial charge in [0, 0.05) is 12.3 Å². The summed E-state index contributed by atoms with van der Waals surface area (Å²) >= 11 is 0. The lowest BCUT2D eigenvalue weighted by molar-refractivity contribution is -0.149. The zero-order chi connectivity index (χ0) is 21.4. The Kier molecular flexibility index (Phi) is 7.35. The summed E-state index contributed by atoms with van der Waals surface area (Å²) in [6.45, 7) is 6.02. The number of hydrogen-bond acceptors (Lipinski definition) is 6. The number of hydrogen-bond donors (Lipinski definition) is 2. The van der Waals surface area contributed by atoms with Gasteiger partial charge >= 0.3 is 11.7 Å². The minimum atomic E-state index is -0.774. The average Bonchev–Trinajstić information content (AvgIpc) is 2.65. The zero-order valence-electron chi connectivity index (χ0n) is 16.7. The van der Waals surface area contributed by atoms with Crippen LogP contribution in [-0.2, 0) is 26.3 Å². The molecule has 1 heterocycles. The summed E-state index contributed by atoms with van der Waals surface area (Å²) in [5.74, 6) is -0.562. The number of rotatable bonds is 8. The lowest BCUT2D eigenvalue weighted by atomic mass is 9.87. The molecule has 0 atom stereocenters. The van der Waals surface area contributed by atoms with Crippen molar-refractivity contribution in [2.75, 3.05) is 19.8 Å². The van der Waals surface area contributed by atoms with Gasteiger partial charge in [-0.1, -0.05) is 32.9 Å². The van der Waals surface area contributed by atoms with Gasteiger partial charge in [-0.15, -0.1) is 0 Å². The fraction of sp³-hybridized carbons (Fsp3) is 0.400. The van der Waals surface area contributed by atoms with E-state index in [1.54, 1.807) is 0 Å². The number of amides is 1. The molecule has 156 valence electrons. The average molecular weight is 403 g/mol. The van der Waals surface area contributed by atoms with E-state index in [0.717, 1.165) is 10.6 Å². The Balaban J connectivity index is 1.66. The van der Waals surface area contributed by atoms with E-state index in [2.05, 4.69) is 26.1 Å².